The lowest BCUT2D eigenvalue weighted by atomic mass is 10.1. The van der Waals surface area contributed by atoms with Crippen molar-refractivity contribution in [3.63, 3.8) is 0 Å². The number of carbonyl (C=O) groups excluding carboxylic acids is 1. The Labute approximate surface area is 181 Å². The van der Waals surface area contributed by atoms with Gasteiger partial charge in [-0.05, 0) is 24.6 Å². The van der Waals surface area contributed by atoms with E-state index in [1.165, 1.54) is 21.8 Å². The highest BCUT2D eigenvalue weighted by molar-refractivity contribution is 7.92. The van der Waals surface area contributed by atoms with Gasteiger partial charge in [0.15, 0.2) is 0 Å². The van der Waals surface area contributed by atoms with E-state index < -0.39 is 14.9 Å². The van der Waals surface area contributed by atoms with E-state index in [2.05, 4.69) is 5.32 Å². The number of carbonyl (C=O) groups is 1. The SMILES string of the molecule is Cc1c(NC(=O)CN2CCN(S(=O)(=O)/C=C/c3ccccc3)CC2)cccc1[N+](=O)[O-]. The van der Waals surface area contributed by atoms with E-state index in [-0.39, 0.29) is 31.2 Å². The molecule has 1 N–H and O–H groups in total. The number of benzene rings is 2. The summed E-state index contributed by atoms with van der Waals surface area (Å²) >= 11 is 0. The quantitative estimate of drug-likeness (QED) is 0.518. The van der Waals surface area contributed by atoms with Crippen LogP contribution in [0.15, 0.2) is 53.9 Å². The van der Waals surface area contributed by atoms with Crippen molar-refractivity contribution in [2.45, 2.75) is 6.92 Å². The molecule has 3 rings (SSSR count). The minimum atomic E-state index is -3.54. The van der Waals surface area contributed by atoms with E-state index in [1.807, 2.05) is 35.2 Å². The first-order chi connectivity index (χ1) is 14.8. The van der Waals surface area contributed by atoms with Gasteiger partial charge in [-0.15, -0.1) is 0 Å². The Balaban J connectivity index is 1.53. The summed E-state index contributed by atoms with van der Waals surface area (Å²) in [5.74, 6) is -0.302. The van der Waals surface area contributed by atoms with Crippen LogP contribution in [0.5, 0.6) is 0 Å². The first kappa shape index (κ1) is 22.6. The normalized spacial score (nSPS) is 15.8. The van der Waals surface area contributed by atoms with E-state index in [9.17, 15) is 23.3 Å². The Hall–Kier alpha value is -3.08. The molecule has 0 radical (unpaired) electrons. The van der Waals surface area contributed by atoms with Gasteiger partial charge in [0.25, 0.3) is 5.69 Å². The fraction of sp³-hybridized carbons (Fsp3) is 0.286. The van der Waals surface area contributed by atoms with E-state index >= 15 is 0 Å². The molecule has 2 aromatic rings. The number of anilines is 1. The van der Waals surface area contributed by atoms with Crippen LogP contribution in [0.4, 0.5) is 11.4 Å². The van der Waals surface area contributed by atoms with Gasteiger partial charge in [0, 0.05) is 37.7 Å². The smallest absolute Gasteiger partial charge is 0.274 e. The molecule has 0 atom stereocenters. The van der Waals surface area contributed by atoms with Gasteiger partial charge in [-0.3, -0.25) is 19.8 Å². The van der Waals surface area contributed by atoms with Crippen LogP contribution in [0.2, 0.25) is 0 Å². The molecule has 0 unspecified atom stereocenters. The van der Waals surface area contributed by atoms with Crippen molar-refractivity contribution in [3.8, 4) is 0 Å². The number of hydrogen-bond donors (Lipinski definition) is 1. The van der Waals surface area contributed by atoms with E-state index in [0.29, 0.717) is 24.3 Å². The van der Waals surface area contributed by atoms with Gasteiger partial charge in [-0.2, -0.15) is 4.31 Å². The molecular weight excluding hydrogens is 420 g/mol. The Morgan fingerprint density at radius 2 is 1.77 bits per heavy atom. The minimum Gasteiger partial charge on any atom is -0.324 e. The summed E-state index contributed by atoms with van der Waals surface area (Å²) in [6.07, 6.45) is 1.57. The first-order valence-electron chi connectivity index (χ1n) is 9.76. The summed E-state index contributed by atoms with van der Waals surface area (Å²) < 4.78 is 26.5. The molecule has 0 saturated carbocycles. The second-order valence-corrected chi connectivity index (χ2v) is 9.01. The van der Waals surface area contributed by atoms with E-state index in [0.717, 1.165) is 5.56 Å². The predicted octanol–water partition coefficient (Wildman–Crippen LogP) is 2.46. The number of nitrogens with zero attached hydrogens (tertiary/aromatic N) is 3. The van der Waals surface area contributed by atoms with Crippen molar-refractivity contribution < 1.29 is 18.1 Å². The largest absolute Gasteiger partial charge is 0.324 e. The highest BCUT2D eigenvalue weighted by atomic mass is 32.2. The van der Waals surface area contributed by atoms with E-state index in [1.54, 1.807) is 19.1 Å². The molecule has 1 amide bonds. The number of amides is 1. The van der Waals surface area contributed by atoms with Crippen molar-refractivity contribution in [3.05, 3.63) is 75.2 Å². The monoisotopic (exact) mass is 444 g/mol. The molecule has 0 spiro atoms. The van der Waals surface area contributed by atoms with Crippen LogP contribution in [0.3, 0.4) is 0 Å². The first-order valence-corrected chi connectivity index (χ1v) is 11.3. The van der Waals surface area contributed by atoms with Crippen LogP contribution in [0.25, 0.3) is 6.08 Å². The van der Waals surface area contributed by atoms with Crippen molar-refractivity contribution in [2.75, 3.05) is 38.0 Å². The summed E-state index contributed by atoms with van der Waals surface area (Å²) in [5.41, 5.74) is 1.53. The Morgan fingerprint density at radius 1 is 1.10 bits per heavy atom. The molecule has 1 heterocycles. The predicted molar refractivity (Wildman–Crippen MR) is 119 cm³/mol. The molecule has 1 aliphatic rings. The summed E-state index contributed by atoms with van der Waals surface area (Å²) in [6, 6.07) is 13.7. The Bertz CT molecular complexity index is 1080. The van der Waals surface area contributed by atoms with Crippen LogP contribution in [-0.4, -0.2) is 61.2 Å². The van der Waals surface area contributed by atoms with Gasteiger partial charge in [0.2, 0.25) is 15.9 Å². The standard InChI is InChI=1S/C21H24N4O5S/c1-17-19(8-5-9-20(17)25(27)28)22-21(26)16-23-11-13-24(14-12-23)31(29,30)15-10-18-6-3-2-4-7-18/h2-10,15H,11-14,16H2,1H3,(H,22,26)/b15-10+. The number of hydrogen-bond acceptors (Lipinski definition) is 6. The summed E-state index contributed by atoms with van der Waals surface area (Å²) in [7, 11) is -3.54. The van der Waals surface area contributed by atoms with E-state index in [4.69, 9.17) is 0 Å². The zero-order valence-corrected chi connectivity index (χ0v) is 17.9. The maximum atomic E-state index is 12.5. The number of piperazine rings is 1. The third-order valence-corrected chi connectivity index (χ3v) is 6.63. The molecule has 0 bridgehead atoms. The van der Waals surface area contributed by atoms with Gasteiger partial charge in [-0.1, -0.05) is 36.4 Å². The number of sulfonamides is 1. The van der Waals surface area contributed by atoms with Crippen molar-refractivity contribution in [2.24, 2.45) is 0 Å². The average Bonchev–Trinajstić information content (AvgIpc) is 2.75. The van der Waals surface area contributed by atoms with Gasteiger partial charge >= 0.3 is 0 Å². The van der Waals surface area contributed by atoms with Gasteiger partial charge < -0.3 is 5.32 Å². The lowest BCUT2D eigenvalue weighted by Gasteiger charge is -2.32. The molecule has 0 aliphatic carbocycles. The molecule has 0 aromatic heterocycles. The van der Waals surface area contributed by atoms with Crippen LogP contribution >= 0.6 is 0 Å². The highest BCUT2D eigenvalue weighted by Gasteiger charge is 2.26. The number of nitrogens with one attached hydrogen (secondary N) is 1. The number of nitro groups is 1. The lowest BCUT2D eigenvalue weighted by molar-refractivity contribution is -0.385. The second-order valence-electron chi connectivity index (χ2n) is 7.19. The van der Waals surface area contributed by atoms with Gasteiger partial charge in [-0.25, -0.2) is 8.42 Å². The zero-order valence-electron chi connectivity index (χ0n) is 17.1. The molecule has 164 valence electrons. The van der Waals surface area contributed by atoms with Crippen LogP contribution in [-0.2, 0) is 14.8 Å². The molecule has 1 saturated heterocycles. The summed E-state index contributed by atoms with van der Waals surface area (Å²) in [6.45, 7) is 3.06. The number of rotatable bonds is 7. The number of nitro benzene ring substituents is 1. The third-order valence-electron chi connectivity index (χ3n) is 5.07. The van der Waals surface area contributed by atoms with Crippen LogP contribution < -0.4 is 5.32 Å². The fourth-order valence-corrected chi connectivity index (χ4v) is 4.48. The maximum absolute atomic E-state index is 12.5. The molecule has 1 fully saturated rings. The lowest BCUT2D eigenvalue weighted by Crippen LogP contribution is -2.49. The average molecular weight is 445 g/mol. The summed E-state index contributed by atoms with van der Waals surface area (Å²) in [4.78, 5) is 24.8. The van der Waals surface area contributed by atoms with Gasteiger partial charge in [0.1, 0.15) is 0 Å². The highest BCUT2D eigenvalue weighted by Crippen LogP contribution is 2.25. The zero-order chi connectivity index (χ0) is 22.4. The third kappa shape index (κ3) is 5.97. The molecular formula is C21H24N4O5S. The minimum absolute atomic E-state index is 0.0554. The van der Waals surface area contributed by atoms with Gasteiger partial charge in [0.05, 0.1) is 22.7 Å². The van der Waals surface area contributed by atoms with Crippen molar-refractivity contribution >= 4 is 33.4 Å². The molecule has 31 heavy (non-hydrogen) atoms. The van der Waals surface area contributed by atoms with Crippen LogP contribution in [0.1, 0.15) is 11.1 Å². The second kappa shape index (κ2) is 9.82. The fourth-order valence-electron chi connectivity index (χ4n) is 3.31. The Kier molecular flexibility index (Phi) is 7.16. The molecule has 9 nitrogen and oxygen atoms in total. The van der Waals surface area contributed by atoms with Crippen molar-refractivity contribution in [1.29, 1.82) is 0 Å². The summed E-state index contributed by atoms with van der Waals surface area (Å²) in [5, 5.41) is 15.0. The van der Waals surface area contributed by atoms with Crippen molar-refractivity contribution in [1.82, 2.24) is 9.21 Å². The maximum Gasteiger partial charge on any atom is 0.274 e. The molecule has 10 heteroatoms. The van der Waals surface area contributed by atoms with Crippen LogP contribution in [0, 0.1) is 17.0 Å². The molecule has 2 aromatic carbocycles. The molecule has 1 aliphatic heterocycles. The Morgan fingerprint density at radius 3 is 2.42 bits per heavy atom. The topological polar surface area (TPSA) is 113 Å².